The standard InChI is InChI=1S/C18H23N3O2/c1-13-10-19-20-18(13)15-3-2-6-21(12-15)11-14-4-5-16-17(9-14)23-8-7-22-16/h4-5,9-10,15H,2-3,6-8,11-12H2,1H3,(H,19,20)/t15-/m0/s1. The van der Waals surface area contributed by atoms with Gasteiger partial charge in [0.1, 0.15) is 13.2 Å². The summed E-state index contributed by atoms with van der Waals surface area (Å²) in [6.45, 7) is 6.61. The van der Waals surface area contributed by atoms with Crippen LogP contribution in [0.5, 0.6) is 11.5 Å². The van der Waals surface area contributed by atoms with Crippen LogP contribution in [0, 0.1) is 6.92 Å². The predicted octanol–water partition coefficient (Wildman–Crippen LogP) is 2.87. The second-order valence-electron chi connectivity index (χ2n) is 6.52. The van der Waals surface area contributed by atoms with E-state index in [0.717, 1.165) is 31.1 Å². The maximum Gasteiger partial charge on any atom is 0.161 e. The summed E-state index contributed by atoms with van der Waals surface area (Å²) in [5, 5.41) is 7.37. The van der Waals surface area contributed by atoms with Crippen molar-refractivity contribution in [2.45, 2.75) is 32.2 Å². The molecule has 1 N–H and O–H groups in total. The molecule has 2 aliphatic heterocycles. The number of H-pyrrole nitrogens is 1. The first-order valence-electron chi connectivity index (χ1n) is 8.40. The van der Waals surface area contributed by atoms with Crippen LogP contribution in [0.1, 0.15) is 35.6 Å². The zero-order valence-corrected chi connectivity index (χ0v) is 13.5. The summed E-state index contributed by atoms with van der Waals surface area (Å²) in [5.41, 5.74) is 3.87. The Balaban J connectivity index is 1.45. The molecule has 122 valence electrons. The van der Waals surface area contributed by atoms with Crippen LogP contribution < -0.4 is 9.47 Å². The smallest absolute Gasteiger partial charge is 0.161 e. The van der Waals surface area contributed by atoms with E-state index in [1.807, 2.05) is 12.3 Å². The summed E-state index contributed by atoms with van der Waals surface area (Å²) in [5.74, 6) is 2.31. The Kier molecular flexibility index (Phi) is 3.95. The highest BCUT2D eigenvalue weighted by molar-refractivity contribution is 5.43. The molecule has 4 rings (SSSR count). The molecule has 0 bridgehead atoms. The van der Waals surface area contributed by atoms with Gasteiger partial charge in [0.25, 0.3) is 0 Å². The number of aromatic nitrogens is 2. The number of nitrogens with zero attached hydrogens (tertiary/aromatic N) is 2. The highest BCUT2D eigenvalue weighted by atomic mass is 16.6. The Morgan fingerprint density at radius 2 is 2.13 bits per heavy atom. The highest BCUT2D eigenvalue weighted by Crippen LogP contribution is 2.32. The first-order chi connectivity index (χ1) is 11.3. The number of benzene rings is 1. The topological polar surface area (TPSA) is 50.4 Å². The van der Waals surface area contributed by atoms with Gasteiger partial charge >= 0.3 is 0 Å². The molecule has 2 aromatic rings. The van der Waals surface area contributed by atoms with Gasteiger partial charge in [-0.1, -0.05) is 6.07 Å². The highest BCUT2D eigenvalue weighted by Gasteiger charge is 2.24. The minimum atomic E-state index is 0.559. The van der Waals surface area contributed by atoms with Crippen LogP contribution in [0.2, 0.25) is 0 Å². The van der Waals surface area contributed by atoms with E-state index < -0.39 is 0 Å². The molecule has 5 nitrogen and oxygen atoms in total. The van der Waals surface area contributed by atoms with Gasteiger partial charge in [-0.25, -0.2) is 0 Å². The lowest BCUT2D eigenvalue weighted by Crippen LogP contribution is -2.34. The molecule has 0 unspecified atom stereocenters. The SMILES string of the molecule is Cc1cn[nH]c1[C@H]1CCCN(Cc2ccc3c(c2)OCCO3)C1. The zero-order chi connectivity index (χ0) is 15.6. The Morgan fingerprint density at radius 1 is 1.26 bits per heavy atom. The molecule has 1 saturated heterocycles. The van der Waals surface area contributed by atoms with Gasteiger partial charge in [0.2, 0.25) is 0 Å². The molecule has 1 aromatic carbocycles. The summed E-state index contributed by atoms with van der Waals surface area (Å²) >= 11 is 0. The first-order valence-corrected chi connectivity index (χ1v) is 8.40. The monoisotopic (exact) mass is 313 g/mol. The van der Waals surface area contributed by atoms with Gasteiger partial charge in [-0.15, -0.1) is 0 Å². The quantitative estimate of drug-likeness (QED) is 0.946. The average molecular weight is 313 g/mol. The van der Waals surface area contributed by atoms with Crippen molar-refractivity contribution in [3.05, 3.63) is 41.2 Å². The van der Waals surface area contributed by atoms with Crippen molar-refractivity contribution < 1.29 is 9.47 Å². The van der Waals surface area contributed by atoms with Crippen molar-refractivity contribution in [3.8, 4) is 11.5 Å². The van der Waals surface area contributed by atoms with E-state index in [1.54, 1.807) is 0 Å². The summed E-state index contributed by atoms with van der Waals surface area (Å²) in [6.07, 6.45) is 4.39. The molecule has 23 heavy (non-hydrogen) atoms. The maximum atomic E-state index is 5.69. The number of hydrogen-bond donors (Lipinski definition) is 1. The third kappa shape index (κ3) is 3.06. The summed E-state index contributed by atoms with van der Waals surface area (Å²) in [6, 6.07) is 6.31. The molecule has 1 atom stereocenters. The second kappa shape index (κ2) is 6.24. The van der Waals surface area contributed by atoms with Crippen LogP contribution in [0.4, 0.5) is 0 Å². The van der Waals surface area contributed by atoms with E-state index in [9.17, 15) is 0 Å². The van der Waals surface area contributed by atoms with Gasteiger partial charge < -0.3 is 9.47 Å². The summed E-state index contributed by atoms with van der Waals surface area (Å²) in [7, 11) is 0. The molecular weight excluding hydrogens is 290 g/mol. The molecule has 0 spiro atoms. The molecule has 0 radical (unpaired) electrons. The number of likely N-dealkylation sites (tertiary alicyclic amines) is 1. The lowest BCUT2D eigenvalue weighted by Gasteiger charge is -2.32. The van der Waals surface area contributed by atoms with Gasteiger partial charge in [0.15, 0.2) is 11.5 Å². The fourth-order valence-corrected chi connectivity index (χ4v) is 3.65. The van der Waals surface area contributed by atoms with Crippen LogP contribution in [0.25, 0.3) is 0 Å². The zero-order valence-electron chi connectivity index (χ0n) is 13.5. The Bertz CT molecular complexity index is 683. The van der Waals surface area contributed by atoms with Crippen LogP contribution in [0.3, 0.4) is 0 Å². The molecule has 1 fully saturated rings. The first kappa shape index (κ1) is 14.6. The van der Waals surface area contributed by atoms with E-state index in [4.69, 9.17) is 9.47 Å². The number of aryl methyl sites for hydroxylation is 1. The molecular formula is C18H23N3O2. The van der Waals surface area contributed by atoms with Crippen molar-refractivity contribution in [2.24, 2.45) is 0 Å². The van der Waals surface area contributed by atoms with E-state index in [1.165, 1.54) is 29.7 Å². The molecule has 5 heteroatoms. The molecule has 3 heterocycles. The van der Waals surface area contributed by atoms with E-state index in [0.29, 0.717) is 19.1 Å². The molecule has 0 amide bonds. The van der Waals surface area contributed by atoms with Gasteiger partial charge in [-0.05, 0) is 49.6 Å². The van der Waals surface area contributed by atoms with Crippen molar-refractivity contribution in [1.82, 2.24) is 15.1 Å². The predicted molar refractivity (Wildman–Crippen MR) is 88.0 cm³/mol. The summed E-state index contributed by atoms with van der Waals surface area (Å²) < 4.78 is 11.3. The number of rotatable bonds is 3. The number of aromatic amines is 1. The lowest BCUT2D eigenvalue weighted by atomic mass is 9.92. The van der Waals surface area contributed by atoms with E-state index in [2.05, 4.69) is 34.2 Å². The molecule has 0 aliphatic carbocycles. The third-order valence-electron chi connectivity index (χ3n) is 4.79. The van der Waals surface area contributed by atoms with E-state index >= 15 is 0 Å². The van der Waals surface area contributed by atoms with Crippen molar-refractivity contribution in [2.75, 3.05) is 26.3 Å². The van der Waals surface area contributed by atoms with Gasteiger partial charge in [-0.3, -0.25) is 10.00 Å². The number of piperidine rings is 1. The van der Waals surface area contributed by atoms with Crippen LogP contribution >= 0.6 is 0 Å². The van der Waals surface area contributed by atoms with Gasteiger partial charge in [-0.2, -0.15) is 5.10 Å². The number of nitrogens with one attached hydrogen (secondary N) is 1. The van der Waals surface area contributed by atoms with Crippen molar-refractivity contribution >= 4 is 0 Å². The minimum Gasteiger partial charge on any atom is -0.486 e. The normalized spacial score (nSPS) is 21.3. The third-order valence-corrected chi connectivity index (χ3v) is 4.79. The fraction of sp³-hybridized carbons (Fsp3) is 0.500. The Hall–Kier alpha value is -2.01. The Labute approximate surface area is 136 Å². The molecule has 0 saturated carbocycles. The van der Waals surface area contributed by atoms with Crippen molar-refractivity contribution in [1.29, 1.82) is 0 Å². The van der Waals surface area contributed by atoms with Crippen LogP contribution in [-0.2, 0) is 6.54 Å². The van der Waals surface area contributed by atoms with Crippen LogP contribution in [-0.4, -0.2) is 41.4 Å². The lowest BCUT2D eigenvalue weighted by molar-refractivity contribution is 0.170. The Morgan fingerprint density at radius 3 is 2.96 bits per heavy atom. The van der Waals surface area contributed by atoms with Crippen LogP contribution in [0.15, 0.2) is 24.4 Å². The minimum absolute atomic E-state index is 0.559. The molecule has 1 aromatic heterocycles. The number of fused-ring (bicyclic) bond motifs is 1. The van der Waals surface area contributed by atoms with Gasteiger partial charge in [0, 0.05) is 24.7 Å². The maximum absolute atomic E-state index is 5.69. The number of ether oxygens (including phenoxy) is 2. The second-order valence-corrected chi connectivity index (χ2v) is 6.52. The van der Waals surface area contributed by atoms with E-state index in [-0.39, 0.29) is 0 Å². The average Bonchev–Trinajstić information content (AvgIpc) is 3.01. The number of hydrogen-bond acceptors (Lipinski definition) is 4. The molecule has 2 aliphatic rings. The van der Waals surface area contributed by atoms with Gasteiger partial charge in [0.05, 0.1) is 6.20 Å². The fourth-order valence-electron chi connectivity index (χ4n) is 3.65. The van der Waals surface area contributed by atoms with Crippen molar-refractivity contribution in [3.63, 3.8) is 0 Å². The largest absolute Gasteiger partial charge is 0.486 e. The summed E-state index contributed by atoms with van der Waals surface area (Å²) in [4.78, 5) is 2.53.